The summed E-state index contributed by atoms with van der Waals surface area (Å²) in [6.45, 7) is 4.12. The number of nitrogens with one attached hydrogen (secondary N) is 1. The number of aliphatic imine (C=N–C) groups is 1. The van der Waals surface area contributed by atoms with Crippen LogP contribution < -0.4 is 5.32 Å². The second-order valence-electron chi connectivity index (χ2n) is 9.10. The summed E-state index contributed by atoms with van der Waals surface area (Å²) in [5.41, 5.74) is 2.56. The number of halogens is 5. The number of amidine groups is 1. The quantitative estimate of drug-likeness (QED) is 0.303. The van der Waals surface area contributed by atoms with Crippen molar-refractivity contribution < 1.29 is 22.8 Å². The molecular formula is C28H24Cl2F3N3O2S. The van der Waals surface area contributed by atoms with E-state index in [0.29, 0.717) is 27.3 Å². The summed E-state index contributed by atoms with van der Waals surface area (Å²) in [5.74, 6) is -0.887. The third-order valence-electron chi connectivity index (χ3n) is 6.07. The topological polar surface area (TPSA) is 61.8 Å². The summed E-state index contributed by atoms with van der Waals surface area (Å²) in [6, 6.07) is 15.3. The Morgan fingerprint density at radius 3 is 2.56 bits per heavy atom. The number of hydrogen-bond acceptors (Lipinski definition) is 4. The molecule has 2 amide bonds. The van der Waals surface area contributed by atoms with Crippen molar-refractivity contribution in [2.75, 3.05) is 11.9 Å². The standard InChI is InChI=1S/C28H24Cl2F3N3O2S/c1-16-6-7-17(2)23(12-16)35-27-36(11-10-18-8-9-20(29)14-22(18)30)26(38)24(39-27)15-25(37)34-21-5-3-4-19(13-21)28(31,32)33/h3-9,12-14,24H,10-11,15H2,1-2H3,(H,34,37)/t24-/m0/s1. The Kier molecular flexibility index (Phi) is 8.93. The van der Waals surface area contributed by atoms with Crippen molar-refractivity contribution in [3.05, 3.63) is 93.0 Å². The molecule has 4 rings (SSSR count). The number of anilines is 1. The van der Waals surface area contributed by atoms with Crippen molar-refractivity contribution >= 4 is 63.3 Å². The molecule has 0 unspecified atom stereocenters. The molecule has 5 nitrogen and oxygen atoms in total. The Labute approximate surface area is 238 Å². The summed E-state index contributed by atoms with van der Waals surface area (Å²) < 4.78 is 39.1. The van der Waals surface area contributed by atoms with Gasteiger partial charge in [-0.3, -0.25) is 14.5 Å². The van der Waals surface area contributed by atoms with Gasteiger partial charge >= 0.3 is 6.18 Å². The van der Waals surface area contributed by atoms with E-state index in [4.69, 9.17) is 28.2 Å². The molecule has 1 atom stereocenters. The van der Waals surface area contributed by atoms with E-state index in [0.717, 1.165) is 40.6 Å². The molecule has 11 heteroatoms. The Balaban J connectivity index is 1.55. The van der Waals surface area contributed by atoms with E-state index >= 15 is 0 Å². The SMILES string of the molecule is Cc1ccc(C)c(N=C2S[C@@H](CC(=O)Nc3cccc(C(F)(F)F)c3)C(=O)N2CCc2ccc(Cl)cc2Cl)c1. The number of carbonyl (C=O) groups is 2. The molecule has 1 N–H and O–H groups in total. The maximum atomic E-state index is 13.4. The Bertz CT molecular complexity index is 1450. The highest BCUT2D eigenvalue weighted by Crippen LogP contribution is 2.34. The number of nitrogens with zero attached hydrogens (tertiary/aromatic N) is 2. The van der Waals surface area contributed by atoms with E-state index in [1.165, 1.54) is 17.0 Å². The van der Waals surface area contributed by atoms with E-state index in [1.54, 1.807) is 18.2 Å². The lowest BCUT2D eigenvalue weighted by atomic mass is 10.1. The normalized spacial score (nSPS) is 16.7. The van der Waals surface area contributed by atoms with E-state index < -0.39 is 22.9 Å². The van der Waals surface area contributed by atoms with Gasteiger partial charge in [-0.1, -0.05) is 59.2 Å². The van der Waals surface area contributed by atoms with E-state index in [1.807, 2.05) is 32.0 Å². The molecular weight excluding hydrogens is 570 g/mol. The van der Waals surface area contributed by atoms with Gasteiger partial charge in [0, 0.05) is 28.7 Å². The van der Waals surface area contributed by atoms with Crippen molar-refractivity contribution in [2.45, 2.75) is 38.1 Å². The molecule has 0 bridgehead atoms. The van der Waals surface area contributed by atoms with Crippen LogP contribution in [0.4, 0.5) is 24.5 Å². The molecule has 0 aromatic heterocycles. The summed E-state index contributed by atoms with van der Waals surface area (Å²) >= 11 is 13.5. The van der Waals surface area contributed by atoms with Gasteiger partial charge in [0.2, 0.25) is 11.8 Å². The number of benzene rings is 3. The first-order chi connectivity index (χ1) is 18.4. The Morgan fingerprint density at radius 1 is 1.08 bits per heavy atom. The number of hydrogen-bond donors (Lipinski definition) is 1. The largest absolute Gasteiger partial charge is 0.416 e. The number of carbonyl (C=O) groups excluding carboxylic acids is 2. The highest BCUT2D eigenvalue weighted by molar-refractivity contribution is 8.15. The van der Waals surface area contributed by atoms with Gasteiger partial charge in [-0.05, 0) is 73.4 Å². The Hall–Kier alpha value is -3.01. The molecule has 1 aliphatic heterocycles. The fraction of sp³-hybridized carbons (Fsp3) is 0.250. The van der Waals surface area contributed by atoms with Crippen LogP contribution in [0, 0.1) is 13.8 Å². The van der Waals surface area contributed by atoms with Gasteiger partial charge < -0.3 is 5.32 Å². The van der Waals surface area contributed by atoms with Crippen molar-refractivity contribution in [1.29, 1.82) is 0 Å². The molecule has 0 spiro atoms. The van der Waals surface area contributed by atoms with E-state index in [9.17, 15) is 22.8 Å². The van der Waals surface area contributed by atoms with Gasteiger partial charge in [0.15, 0.2) is 5.17 Å². The lowest BCUT2D eigenvalue weighted by Gasteiger charge is -2.17. The predicted molar refractivity (Wildman–Crippen MR) is 151 cm³/mol. The van der Waals surface area contributed by atoms with Crippen LogP contribution in [0.2, 0.25) is 10.0 Å². The van der Waals surface area contributed by atoms with Crippen molar-refractivity contribution in [1.82, 2.24) is 4.90 Å². The molecule has 1 heterocycles. The van der Waals surface area contributed by atoms with Crippen LogP contribution >= 0.6 is 35.0 Å². The molecule has 204 valence electrons. The Morgan fingerprint density at radius 2 is 1.85 bits per heavy atom. The molecule has 3 aromatic rings. The van der Waals surface area contributed by atoms with Gasteiger partial charge in [-0.15, -0.1) is 0 Å². The van der Waals surface area contributed by atoms with Crippen LogP contribution in [0.15, 0.2) is 65.7 Å². The van der Waals surface area contributed by atoms with Gasteiger partial charge in [-0.25, -0.2) is 4.99 Å². The number of thioether (sulfide) groups is 1. The van der Waals surface area contributed by atoms with Crippen LogP contribution in [0.25, 0.3) is 0 Å². The predicted octanol–water partition coefficient (Wildman–Crippen LogP) is 7.83. The van der Waals surface area contributed by atoms with Crippen LogP contribution in [0.3, 0.4) is 0 Å². The minimum absolute atomic E-state index is 0.00350. The zero-order chi connectivity index (χ0) is 28.3. The summed E-state index contributed by atoms with van der Waals surface area (Å²) in [5, 5.41) is 3.10. The molecule has 3 aromatic carbocycles. The first kappa shape index (κ1) is 29.0. The molecule has 0 radical (unpaired) electrons. The number of amides is 2. The number of rotatable bonds is 7. The second kappa shape index (κ2) is 12.0. The van der Waals surface area contributed by atoms with E-state index in [2.05, 4.69) is 5.32 Å². The minimum Gasteiger partial charge on any atom is -0.326 e. The van der Waals surface area contributed by atoms with Crippen molar-refractivity contribution in [3.63, 3.8) is 0 Å². The van der Waals surface area contributed by atoms with Crippen LogP contribution in [-0.2, 0) is 22.2 Å². The average molecular weight is 594 g/mol. The van der Waals surface area contributed by atoms with E-state index in [-0.39, 0.29) is 24.6 Å². The fourth-order valence-electron chi connectivity index (χ4n) is 3.98. The fourth-order valence-corrected chi connectivity index (χ4v) is 5.66. The third kappa shape index (κ3) is 7.35. The van der Waals surface area contributed by atoms with Crippen molar-refractivity contribution in [3.8, 4) is 0 Å². The third-order valence-corrected chi connectivity index (χ3v) is 7.83. The lowest BCUT2D eigenvalue weighted by molar-refractivity contribution is -0.137. The zero-order valence-electron chi connectivity index (χ0n) is 21.0. The molecule has 1 saturated heterocycles. The molecule has 39 heavy (non-hydrogen) atoms. The first-order valence-corrected chi connectivity index (χ1v) is 13.6. The maximum absolute atomic E-state index is 13.4. The van der Waals surface area contributed by atoms with Gasteiger partial charge in [0.1, 0.15) is 5.25 Å². The highest BCUT2D eigenvalue weighted by atomic mass is 35.5. The van der Waals surface area contributed by atoms with Gasteiger partial charge in [-0.2, -0.15) is 13.2 Å². The van der Waals surface area contributed by atoms with Gasteiger partial charge in [0.25, 0.3) is 0 Å². The smallest absolute Gasteiger partial charge is 0.326 e. The number of aryl methyl sites for hydroxylation is 2. The highest BCUT2D eigenvalue weighted by Gasteiger charge is 2.39. The molecule has 0 aliphatic carbocycles. The summed E-state index contributed by atoms with van der Waals surface area (Å²) in [7, 11) is 0. The molecule has 1 aliphatic rings. The first-order valence-electron chi connectivity index (χ1n) is 12.0. The van der Waals surface area contributed by atoms with Crippen LogP contribution in [-0.4, -0.2) is 33.7 Å². The average Bonchev–Trinajstić information content (AvgIpc) is 3.14. The number of alkyl halides is 3. The van der Waals surface area contributed by atoms with Gasteiger partial charge in [0.05, 0.1) is 11.3 Å². The maximum Gasteiger partial charge on any atom is 0.416 e. The minimum atomic E-state index is -4.54. The lowest BCUT2D eigenvalue weighted by Crippen LogP contribution is -2.35. The van der Waals surface area contributed by atoms with Crippen molar-refractivity contribution in [2.24, 2.45) is 4.99 Å². The summed E-state index contributed by atoms with van der Waals surface area (Å²) in [6.07, 6.45) is -4.34. The second-order valence-corrected chi connectivity index (χ2v) is 11.1. The zero-order valence-corrected chi connectivity index (χ0v) is 23.3. The van der Waals surface area contributed by atoms with Crippen LogP contribution in [0.1, 0.15) is 28.7 Å². The van der Waals surface area contributed by atoms with Crippen LogP contribution in [0.5, 0.6) is 0 Å². The summed E-state index contributed by atoms with van der Waals surface area (Å²) in [4.78, 5) is 32.5. The molecule has 1 fully saturated rings. The monoisotopic (exact) mass is 593 g/mol. The molecule has 0 saturated carbocycles.